The van der Waals surface area contributed by atoms with E-state index in [4.69, 9.17) is 4.74 Å². The van der Waals surface area contributed by atoms with Crippen molar-refractivity contribution in [2.75, 3.05) is 10.0 Å². The standard InChI is InChI=1S/C21H22N4O4S/c1-14-6-4-5-7-19(14)29-16(3)20(26)24-17-8-10-18(11-9-17)30(27,28)25-21-22-13-12-15(2)23-21/h4-13,16H,1-3H3,(H,24,26)(H,22,23,25). The Morgan fingerprint density at radius 1 is 1.03 bits per heavy atom. The topological polar surface area (TPSA) is 110 Å². The van der Waals surface area contributed by atoms with Gasteiger partial charge in [-0.3, -0.25) is 4.79 Å². The van der Waals surface area contributed by atoms with E-state index in [9.17, 15) is 13.2 Å². The molecule has 0 saturated heterocycles. The maximum Gasteiger partial charge on any atom is 0.265 e. The molecule has 0 aliphatic heterocycles. The molecule has 156 valence electrons. The number of sulfonamides is 1. The molecule has 1 heterocycles. The van der Waals surface area contributed by atoms with E-state index in [0.717, 1.165) is 5.56 Å². The molecule has 0 fully saturated rings. The highest BCUT2D eigenvalue weighted by molar-refractivity contribution is 7.92. The Morgan fingerprint density at radius 3 is 2.40 bits per heavy atom. The highest BCUT2D eigenvalue weighted by Crippen LogP contribution is 2.20. The summed E-state index contributed by atoms with van der Waals surface area (Å²) < 4.78 is 33.0. The Kier molecular flexibility index (Phi) is 6.31. The summed E-state index contributed by atoms with van der Waals surface area (Å²) in [5, 5.41) is 2.71. The number of nitrogens with zero attached hydrogens (tertiary/aromatic N) is 2. The first-order valence-electron chi connectivity index (χ1n) is 9.20. The number of aromatic nitrogens is 2. The quantitative estimate of drug-likeness (QED) is 0.600. The first-order chi connectivity index (χ1) is 14.2. The van der Waals surface area contributed by atoms with E-state index in [1.165, 1.54) is 30.5 Å². The van der Waals surface area contributed by atoms with Crippen molar-refractivity contribution in [1.82, 2.24) is 9.97 Å². The molecule has 0 spiro atoms. The average Bonchev–Trinajstić information content (AvgIpc) is 2.70. The van der Waals surface area contributed by atoms with Crippen LogP contribution in [-0.2, 0) is 14.8 Å². The zero-order valence-corrected chi connectivity index (χ0v) is 17.6. The van der Waals surface area contributed by atoms with E-state index in [1.54, 1.807) is 26.0 Å². The van der Waals surface area contributed by atoms with Gasteiger partial charge in [0.25, 0.3) is 15.9 Å². The third kappa shape index (κ3) is 5.32. The third-order valence-electron chi connectivity index (χ3n) is 4.22. The Hall–Kier alpha value is -3.46. The molecule has 0 bridgehead atoms. The van der Waals surface area contributed by atoms with Crippen molar-refractivity contribution in [1.29, 1.82) is 0 Å². The van der Waals surface area contributed by atoms with Gasteiger partial charge in [0, 0.05) is 17.6 Å². The fourth-order valence-electron chi connectivity index (χ4n) is 2.57. The van der Waals surface area contributed by atoms with Crippen LogP contribution in [0.5, 0.6) is 5.75 Å². The Bertz CT molecular complexity index is 1150. The minimum Gasteiger partial charge on any atom is -0.481 e. The molecule has 2 N–H and O–H groups in total. The second kappa shape index (κ2) is 8.91. The van der Waals surface area contributed by atoms with Crippen molar-refractivity contribution < 1.29 is 17.9 Å². The number of rotatable bonds is 7. The fourth-order valence-corrected chi connectivity index (χ4v) is 3.52. The number of carbonyl (C=O) groups excluding carboxylic acids is 1. The second-order valence-electron chi connectivity index (χ2n) is 6.67. The number of amides is 1. The summed E-state index contributed by atoms with van der Waals surface area (Å²) in [5.74, 6) is 0.278. The number of benzene rings is 2. The maximum atomic E-state index is 12.5. The molecule has 1 aromatic heterocycles. The minimum absolute atomic E-state index is 0.00504. The molecule has 8 nitrogen and oxygen atoms in total. The molecular weight excluding hydrogens is 404 g/mol. The lowest BCUT2D eigenvalue weighted by Crippen LogP contribution is -2.30. The molecule has 0 aliphatic carbocycles. The summed E-state index contributed by atoms with van der Waals surface area (Å²) in [6.45, 7) is 5.28. The van der Waals surface area contributed by atoms with Gasteiger partial charge in [0.05, 0.1) is 4.90 Å². The first-order valence-corrected chi connectivity index (χ1v) is 10.7. The maximum absolute atomic E-state index is 12.5. The van der Waals surface area contributed by atoms with E-state index >= 15 is 0 Å². The van der Waals surface area contributed by atoms with Gasteiger partial charge in [0.15, 0.2) is 6.10 Å². The summed E-state index contributed by atoms with van der Waals surface area (Å²) >= 11 is 0. The minimum atomic E-state index is -3.85. The van der Waals surface area contributed by atoms with Crippen LogP contribution in [0.4, 0.5) is 11.6 Å². The van der Waals surface area contributed by atoms with Crippen LogP contribution < -0.4 is 14.8 Å². The largest absolute Gasteiger partial charge is 0.481 e. The number of hydrogen-bond acceptors (Lipinski definition) is 6. The van der Waals surface area contributed by atoms with Crippen molar-refractivity contribution in [2.45, 2.75) is 31.8 Å². The van der Waals surface area contributed by atoms with Crippen LogP contribution in [0.2, 0.25) is 0 Å². The lowest BCUT2D eigenvalue weighted by molar-refractivity contribution is -0.122. The van der Waals surface area contributed by atoms with Gasteiger partial charge >= 0.3 is 0 Å². The molecule has 1 unspecified atom stereocenters. The number of anilines is 2. The van der Waals surface area contributed by atoms with Crippen molar-refractivity contribution in [2.24, 2.45) is 0 Å². The van der Waals surface area contributed by atoms with Gasteiger partial charge < -0.3 is 10.1 Å². The molecule has 9 heteroatoms. The van der Waals surface area contributed by atoms with Crippen LogP contribution in [0.15, 0.2) is 65.7 Å². The van der Waals surface area contributed by atoms with Crippen LogP contribution in [0.1, 0.15) is 18.2 Å². The number of aryl methyl sites for hydroxylation is 2. The number of nitrogens with one attached hydrogen (secondary N) is 2. The van der Waals surface area contributed by atoms with Crippen LogP contribution >= 0.6 is 0 Å². The molecule has 3 aromatic rings. The molecular formula is C21H22N4O4S. The zero-order valence-electron chi connectivity index (χ0n) is 16.8. The summed E-state index contributed by atoms with van der Waals surface area (Å²) in [6, 6.07) is 14.9. The van der Waals surface area contributed by atoms with Gasteiger partial charge in [-0.25, -0.2) is 23.1 Å². The molecule has 2 aromatic carbocycles. The molecule has 0 radical (unpaired) electrons. The van der Waals surface area contributed by atoms with Gasteiger partial charge in [0.2, 0.25) is 5.95 Å². The fraction of sp³-hybridized carbons (Fsp3) is 0.190. The Morgan fingerprint density at radius 2 is 1.73 bits per heavy atom. The third-order valence-corrected chi connectivity index (χ3v) is 5.56. The monoisotopic (exact) mass is 426 g/mol. The van der Waals surface area contributed by atoms with E-state index in [0.29, 0.717) is 17.1 Å². The predicted octanol–water partition coefficient (Wildman–Crippen LogP) is 3.30. The van der Waals surface area contributed by atoms with Gasteiger partial charge in [0.1, 0.15) is 5.75 Å². The van der Waals surface area contributed by atoms with Crippen molar-refractivity contribution in [3.05, 3.63) is 72.1 Å². The van der Waals surface area contributed by atoms with Gasteiger partial charge in [-0.05, 0) is 62.7 Å². The first kappa shape index (κ1) is 21.3. The molecule has 0 aliphatic rings. The zero-order chi connectivity index (χ0) is 21.7. The summed E-state index contributed by atoms with van der Waals surface area (Å²) in [4.78, 5) is 20.3. The SMILES string of the molecule is Cc1ccnc(NS(=O)(=O)c2ccc(NC(=O)C(C)Oc3ccccc3C)cc2)n1. The summed E-state index contributed by atoms with van der Waals surface area (Å²) in [6.07, 6.45) is 0.744. The van der Waals surface area contributed by atoms with E-state index < -0.39 is 16.1 Å². The van der Waals surface area contributed by atoms with Crippen LogP contribution in [0, 0.1) is 13.8 Å². The highest BCUT2D eigenvalue weighted by Gasteiger charge is 2.18. The second-order valence-corrected chi connectivity index (χ2v) is 8.35. The number of carbonyl (C=O) groups is 1. The average molecular weight is 426 g/mol. The van der Waals surface area contributed by atoms with Gasteiger partial charge in [-0.15, -0.1) is 0 Å². The predicted molar refractivity (Wildman–Crippen MR) is 114 cm³/mol. The van der Waals surface area contributed by atoms with Crippen molar-refractivity contribution in [3.8, 4) is 5.75 Å². The molecule has 30 heavy (non-hydrogen) atoms. The van der Waals surface area contributed by atoms with E-state index in [1.807, 2.05) is 25.1 Å². The Labute approximate surface area is 175 Å². The lowest BCUT2D eigenvalue weighted by atomic mass is 10.2. The van der Waals surface area contributed by atoms with Crippen molar-refractivity contribution in [3.63, 3.8) is 0 Å². The summed E-state index contributed by atoms with van der Waals surface area (Å²) in [5.41, 5.74) is 2.02. The molecule has 3 rings (SSSR count). The number of ether oxygens (including phenoxy) is 1. The van der Waals surface area contributed by atoms with E-state index in [-0.39, 0.29) is 16.8 Å². The van der Waals surface area contributed by atoms with Crippen molar-refractivity contribution >= 4 is 27.6 Å². The number of para-hydroxylation sites is 1. The van der Waals surface area contributed by atoms with Gasteiger partial charge in [-0.1, -0.05) is 18.2 Å². The van der Waals surface area contributed by atoms with Crippen LogP contribution in [0.3, 0.4) is 0 Å². The van der Waals surface area contributed by atoms with Crippen LogP contribution in [-0.4, -0.2) is 30.4 Å². The highest BCUT2D eigenvalue weighted by atomic mass is 32.2. The normalized spacial score (nSPS) is 12.1. The molecule has 0 saturated carbocycles. The Balaban J connectivity index is 1.65. The summed E-state index contributed by atoms with van der Waals surface area (Å²) in [7, 11) is -3.85. The molecule has 1 atom stereocenters. The van der Waals surface area contributed by atoms with Gasteiger partial charge in [-0.2, -0.15) is 0 Å². The van der Waals surface area contributed by atoms with E-state index in [2.05, 4.69) is 20.0 Å². The lowest BCUT2D eigenvalue weighted by Gasteiger charge is -2.16. The smallest absolute Gasteiger partial charge is 0.265 e. The van der Waals surface area contributed by atoms with Crippen LogP contribution in [0.25, 0.3) is 0 Å². The molecule has 1 amide bonds. The number of hydrogen-bond donors (Lipinski definition) is 2.